The Labute approximate surface area is 190 Å². The van der Waals surface area contributed by atoms with E-state index in [2.05, 4.69) is 47.3 Å². The van der Waals surface area contributed by atoms with Gasteiger partial charge in [-0.2, -0.15) is 5.10 Å². The summed E-state index contributed by atoms with van der Waals surface area (Å²) in [6.45, 7) is 2.22. The minimum atomic E-state index is -0.410. The van der Waals surface area contributed by atoms with Crippen LogP contribution in [0.15, 0.2) is 50.4 Å². The van der Waals surface area contributed by atoms with E-state index in [1.54, 1.807) is 24.3 Å². The molecule has 0 aromatic heterocycles. The van der Waals surface area contributed by atoms with Crippen molar-refractivity contribution in [3.8, 4) is 5.75 Å². The van der Waals surface area contributed by atoms with E-state index in [1.165, 1.54) is 18.3 Å². The fourth-order valence-electron chi connectivity index (χ4n) is 3.28. The number of carbonyl (C=O) groups excluding carboxylic acids is 1. The van der Waals surface area contributed by atoms with Gasteiger partial charge in [-0.15, -0.1) is 0 Å². The summed E-state index contributed by atoms with van der Waals surface area (Å²) in [6, 6.07) is 9.97. The topological polar surface area (TPSA) is 108 Å². The van der Waals surface area contributed by atoms with E-state index in [0.29, 0.717) is 29.4 Å². The van der Waals surface area contributed by atoms with Crippen LogP contribution in [-0.4, -0.2) is 40.1 Å². The largest absolute Gasteiger partial charge is 0.506 e. The maximum Gasteiger partial charge on any atom is 0.269 e. The Hall–Kier alpha value is -2.30. The van der Waals surface area contributed by atoms with Gasteiger partial charge >= 0.3 is 0 Å². The monoisotopic (exact) mass is 538 g/mol. The average Bonchev–Trinajstić information content (AvgIpc) is 2.72. The lowest BCUT2D eigenvalue weighted by Gasteiger charge is -2.30. The Morgan fingerprint density at radius 1 is 1.27 bits per heavy atom. The molecule has 0 aliphatic carbocycles. The van der Waals surface area contributed by atoms with Crippen molar-refractivity contribution < 1.29 is 14.8 Å². The third-order valence-electron chi connectivity index (χ3n) is 4.95. The van der Waals surface area contributed by atoms with Crippen LogP contribution in [0.4, 0.5) is 5.69 Å². The van der Waals surface area contributed by atoms with Crippen molar-refractivity contribution in [1.82, 2.24) is 10.3 Å². The standard InChI is InChI=1S/C20H20Br2N4O4/c21-16-9-15(19(27)18(22)10-16)11-23-24-20(28)14-5-7-25(8-6-14)12-13-1-3-17(4-2-13)26(29)30/h1-4,9-11,14,27H,5-8,12H2,(H,24,28)/b23-11-. The number of non-ortho nitro benzene ring substituents is 1. The molecule has 1 aliphatic heterocycles. The van der Waals surface area contributed by atoms with Crippen LogP contribution >= 0.6 is 31.9 Å². The highest BCUT2D eigenvalue weighted by Crippen LogP contribution is 2.30. The van der Waals surface area contributed by atoms with Crippen LogP contribution in [-0.2, 0) is 11.3 Å². The first kappa shape index (κ1) is 22.4. The molecule has 0 radical (unpaired) electrons. The number of phenols is 1. The molecular formula is C20H20Br2N4O4. The quantitative estimate of drug-likeness (QED) is 0.325. The molecule has 0 bridgehead atoms. The van der Waals surface area contributed by atoms with Crippen LogP contribution in [0.25, 0.3) is 0 Å². The molecule has 158 valence electrons. The molecule has 1 fully saturated rings. The van der Waals surface area contributed by atoms with Gasteiger partial charge < -0.3 is 5.11 Å². The average molecular weight is 540 g/mol. The zero-order valence-corrected chi connectivity index (χ0v) is 19.1. The van der Waals surface area contributed by atoms with Crippen molar-refractivity contribution in [2.24, 2.45) is 11.0 Å². The first-order chi connectivity index (χ1) is 14.3. The predicted molar refractivity (Wildman–Crippen MR) is 120 cm³/mol. The minimum absolute atomic E-state index is 0.0516. The summed E-state index contributed by atoms with van der Waals surface area (Å²) >= 11 is 6.60. The number of benzene rings is 2. The Bertz CT molecular complexity index is 958. The highest BCUT2D eigenvalue weighted by Gasteiger charge is 2.25. The molecule has 0 spiro atoms. The fourth-order valence-corrected chi connectivity index (χ4v) is 4.53. The summed E-state index contributed by atoms with van der Waals surface area (Å²) in [5, 5.41) is 24.7. The van der Waals surface area contributed by atoms with Gasteiger partial charge in [0.2, 0.25) is 5.91 Å². The lowest BCUT2D eigenvalue weighted by Crippen LogP contribution is -2.39. The van der Waals surface area contributed by atoms with Gasteiger partial charge in [-0.05, 0) is 59.6 Å². The second-order valence-corrected chi connectivity index (χ2v) is 8.80. The lowest BCUT2D eigenvalue weighted by atomic mass is 9.96. The van der Waals surface area contributed by atoms with Crippen molar-refractivity contribution in [2.75, 3.05) is 13.1 Å². The maximum atomic E-state index is 12.4. The summed E-state index contributed by atoms with van der Waals surface area (Å²) in [5.41, 5.74) is 4.12. The van der Waals surface area contributed by atoms with Crippen LogP contribution in [0, 0.1) is 16.0 Å². The minimum Gasteiger partial charge on any atom is -0.506 e. The molecule has 1 saturated heterocycles. The Morgan fingerprint density at radius 3 is 2.57 bits per heavy atom. The number of nitro benzene ring substituents is 1. The zero-order chi connectivity index (χ0) is 21.7. The number of phenolic OH excluding ortho intramolecular Hbond substituents is 1. The molecule has 2 aromatic carbocycles. The second kappa shape index (κ2) is 10.1. The van der Waals surface area contributed by atoms with Crippen LogP contribution in [0.5, 0.6) is 5.75 Å². The third-order valence-corrected chi connectivity index (χ3v) is 6.01. The molecule has 2 N–H and O–H groups in total. The molecule has 1 aliphatic rings. The van der Waals surface area contributed by atoms with Crippen LogP contribution in [0.1, 0.15) is 24.0 Å². The van der Waals surface area contributed by atoms with Gasteiger partial charge in [-0.25, -0.2) is 5.43 Å². The number of nitrogens with one attached hydrogen (secondary N) is 1. The van der Waals surface area contributed by atoms with Crippen molar-refractivity contribution in [1.29, 1.82) is 0 Å². The Balaban J connectivity index is 1.47. The van der Waals surface area contributed by atoms with E-state index in [1.807, 2.05) is 0 Å². The number of carbonyl (C=O) groups is 1. The number of nitro groups is 1. The van der Waals surface area contributed by atoms with E-state index in [4.69, 9.17) is 0 Å². The summed E-state index contributed by atoms with van der Waals surface area (Å²) in [6.07, 6.45) is 2.83. The summed E-state index contributed by atoms with van der Waals surface area (Å²) < 4.78 is 1.31. The van der Waals surface area contributed by atoms with Gasteiger partial charge in [0.25, 0.3) is 5.69 Å². The molecule has 0 atom stereocenters. The molecule has 1 amide bonds. The summed E-state index contributed by atoms with van der Waals surface area (Å²) in [4.78, 5) is 24.9. The van der Waals surface area contributed by atoms with Gasteiger partial charge in [0, 0.05) is 34.6 Å². The SMILES string of the molecule is O=C(N/N=C\c1cc(Br)cc(Br)c1O)C1CCN(Cc2ccc([N+](=O)[O-])cc2)CC1. The first-order valence-corrected chi connectivity index (χ1v) is 10.9. The third kappa shape index (κ3) is 5.87. The molecule has 0 unspecified atom stereocenters. The molecule has 2 aromatic rings. The number of rotatable bonds is 6. The maximum absolute atomic E-state index is 12.4. The van der Waals surface area contributed by atoms with E-state index in [-0.39, 0.29) is 23.3 Å². The fraction of sp³-hybridized carbons (Fsp3) is 0.300. The molecule has 0 saturated carbocycles. The van der Waals surface area contributed by atoms with Crippen LogP contribution < -0.4 is 5.43 Å². The van der Waals surface area contributed by atoms with E-state index < -0.39 is 4.92 Å². The van der Waals surface area contributed by atoms with Crippen molar-refractivity contribution in [3.63, 3.8) is 0 Å². The molecule has 1 heterocycles. The number of nitrogens with zero attached hydrogens (tertiary/aromatic N) is 3. The highest BCUT2D eigenvalue weighted by atomic mass is 79.9. The number of likely N-dealkylation sites (tertiary alicyclic amines) is 1. The second-order valence-electron chi connectivity index (χ2n) is 7.03. The number of halogens is 2. The van der Waals surface area contributed by atoms with Crippen molar-refractivity contribution in [2.45, 2.75) is 19.4 Å². The smallest absolute Gasteiger partial charge is 0.269 e. The van der Waals surface area contributed by atoms with Crippen molar-refractivity contribution in [3.05, 3.63) is 66.6 Å². The Morgan fingerprint density at radius 2 is 1.93 bits per heavy atom. The van der Waals surface area contributed by atoms with Crippen LogP contribution in [0.3, 0.4) is 0 Å². The summed E-state index contributed by atoms with van der Waals surface area (Å²) in [5.74, 6) is -0.219. The lowest BCUT2D eigenvalue weighted by molar-refractivity contribution is -0.384. The van der Waals surface area contributed by atoms with E-state index in [0.717, 1.165) is 23.1 Å². The Kier molecular flexibility index (Phi) is 7.57. The zero-order valence-electron chi connectivity index (χ0n) is 15.9. The molecule has 10 heteroatoms. The van der Waals surface area contributed by atoms with Crippen LogP contribution in [0.2, 0.25) is 0 Å². The molecule has 30 heavy (non-hydrogen) atoms. The van der Waals surface area contributed by atoms with Gasteiger partial charge in [0.05, 0.1) is 15.6 Å². The van der Waals surface area contributed by atoms with Gasteiger partial charge in [0.15, 0.2) is 0 Å². The summed E-state index contributed by atoms with van der Waals surface area (Å²) in [7, 11) is 0. The highest BCUT2D eigenvalue weighted by molar-refractivity contribution is 9.11. The molecule has 8 nitrogen and oxygen atoms in total. The van der Waals surface area contributed by atoms with Gasteiger partial charge in [0.1, 0.15) is 5.75 Å². The first-order valence-electron chi connectivity index (χ1n) is 9.30. The number of hydrogen-bond donors (Lipinski definition) is 2. The molecule has 3 rings (SSSR count). The van der Waals surface area contributed by atoms with E-state index in [9.17, 15) is 20.0 Å². The van der Waals surface area contributed by atoms with E-state index >= 15 is 0 Å². The normalized spacial score (nSPS) is 15.4. The molecular weight excluding hydrogens is 520 g/mol. The number of hydrazone groups is 1. The predicted octanol–water partition coefficient (Wildman–Crippen LogP) is 4.19. The van der Waals surface area contributed by atoms with Gasteiger partial charge in [-0.3, -0.25) is 19.8 Å². The van der Waals surface area contributed by atoms with Crippen molar-refractivity contribution >= 4 is 49.7 Å². The number of hydrogen-bond acceptors (Lipinski definition) is 6. The van der Waals surface area contributed by atoms with Gasteiger partial charge in [-0.1, -0.05) is 28.1 Å². The number of amides is 1. The number of piperidine rings is 1. The number of aromatic hydroxyl groups is 1.